The predicted octanol–water partition coefficient (Wildman–Crippen LogP) is 6.86. The van der Waals surface area contributed by atoms with Crippen LogP contribution < -0.4 is 0 Å². The summed E-state index contributed by atoms with van der Waals surface area (Å²) in [6.45, 7) is 8.71. The van der Waals surface area contributed by atoms with E-state index in [1.165, 1.54) is 60.2 Å². The maximum Gasteiger partial charge on any atom is 0.162 e. The average molecular weight is 495 g/mol. The molecule has 2 aliphatic heterocycles. The van der Waals surface area contributed by atoms with Gasteiger partial charge in [-0.2, -0.15) is 0 Å². The Kier molecular flexibility index (Phi) is 8.86. The van der Waals surface area contributed by atoms with Crippen molar-refractivity contribution >= 4 is 5.78 Å². The van der Waals surface area contributed by atoms with Gasteiger partial charge >= 0.3 is 0 Å². The van der Waals surface area contributed by atoms with Gasteiger partial charge in [-0.1, -0.05) is 72.3 Å². The van der Waals surface area contributed by atoms with Gasteiger partial charge in [-0.05, 0) is 92.8 Å². The number of likely N-dealkylation sites (tertiary alicyclic amines) is 1. The predicted molar refractivity (Wildman–Crippen MR) is 153 cm³/mol. The first kappa shape index (κ1) is 25.9. The van der Waals surface area contributed by atoms with Gasteiger partial charge in [-0.25, -0.2) is 0 Å². The molecule has 0 radical (unpaired) electrons. The smallest absolute Gasteiger partial charge is 0.162 e. The second kappa shape index (κ2) is 12.7. The molecule has 0 saturated carbocycles. The van der Waals surface area contributed by atoms with Gasteiger partial charge in [-0.15, -0.1) is 0 Å². The summed E-state index contributed by atoms with van der Waals surface area (Å²) in [5.74, 6) is 1.09. The molecule has 3 nitrogen and oxygen atoms in total. The third-order valence-electron chi connectivity index (χ3n) is 8.42. The molecule has 0 aliphatic carbocycles. The van der Waals surface area contributed by atoms with Gasteiger partial charge in [0.25, 0.3) is 0 Å². The van der Waals surface area contributed by atoms with Crippen molar-refractivity contribution < 1.29 is 4.79 Å². The summed E-state index contributed by atoms with van der Waals surface area (Å²) in [6.07, 6.45) is 7.51. The summed E-state index contributed by atoms with van der Waals surface area (Å²) in [5, 5.41) is 0. The zero-order valence-corrected chi connectivity index (χ0v) is 22.5. The van der Waals surface area contributed by atoms with Crippen LogP contribution in [-0.4, -0.2) is 41.8 Å². The molecule has 2 heterocycles. The molecule has 3 heteroatoms. The maximum absolute atomic E-state index is 13.0. The number of hydrogen-bond donors (Lipinski definition) is 0. The van der Waals surface area contributed by atoms with Crippen molar-refractivity contribution in [1.29, 1.82) is 0 Å². The standard InChI is InChI=1S/C34H42N2O/c1-27-10-12-30(13-11-27)26-35-20-16-28(17-21-35)8-5-9-34(37)33-15-14-31-18-22-36(23-19-32(31)24-33)25-29-6-3-2-4-7-29/h2-4,6-7,10-15,24,28H,5,8-9,16-23,25-26H2,1H3. The largest absolute Gasteiger partial charge is 0.299 e. The van der Waals surface area contributed by atoms with Crippen molar-refractivity contribution in [2.24, 2.45) is 5.92 Å². The second-order valence-corrected chi connectivity index (χ2v) is 11.3. The van der Waals surface area contributed by atoms with Crippen molar-refractivity contribution in [3.63, 3.8) is 0 Å². The lowest BCUT2D eigenvalue weighted by Crippen LogP contribution is -2.33. The van der Waals surface area contributed by atoms with Crippen LogP contribution in [0.5, 0.6) is 0 Å². The van der Waals surface area contributed by atoms with E-state index in [0.717, 1.165) is 56.9 Å². The highest BCUT2D eigenvalue weighted by Crippen LogP contribution is 2.25. The van der Waals surface area contributed by atoms with Crippen molar-refractivity contribution in [3.05, 3.63) is 106 Å². The number of fused-ring (bicyclic) bond motifs is 1. The van der Waals surface area contributed by atoms with Crippen LogP contribution in [0.1, 0.15) is 70.3 Å². The van der Waals surface area contributed by atoms with Crippen molar-refractivity contribution in [1.82, 2.24) is 9.80 Å². The van der Waals surface area contributed by atoms with Crippen LogP contribution in [0, 0.1) is 12.8 Å². The molecule has 0 aromatic heterocycles. The third-order valence-corrected chi connectivity index (χ3v) is 8.42. The fraction of sp³-hybridized carbons (Fsp3) is 0.441. The Morgan fingerprint density at radius 3 is 2.14 bits per heavy atom. The number of rotatable bonds is 9. The number of ketones is 1. The Bertz CT molecular complexity index is 1150. The highest BCUT2D eigenvalue weighted by Gasteiger charge is 2.20. The highest BCUT2D eigenvalue weighted by atomic mass is 16.1. The van der Waals surface area contributed by atoms with Crippen LogP contribution in [-0.2, 0) is 25.9 Å². The van der Waals surface area contributed by atoms with Crippen molar-refractivity contribution in [2.75, 3.05) is 26.2 Å². The van der Waals surface area contributed by atoms with Crippen LogP contribution in [0.25, 0.3) is 0 Å². The summed E-state index contributed by atoms with van der Waals surface area (Å²) >= 11 is 0. The molecule has 37 heavy (non-hydrogen) atoms. The number of carbonyl (C=O) groups is 1. The lowest BCUT2D eigenvalue weighted by molar-refractivity contribution is 0.0974. The number of nitrogens with zero attached hydrogens (tertiary/aromatic N) is 2. The quantitative estimate of drug-likeness (QED) is 0.304. The number of hydrogen-bond acceptors (Lipinski definition) is 3. The fourth-order valence-electron chi connectivity index (χ4n) is 6.03. The maximum atomic E-state index is 13.0. The summed E-state index contributed by atoms with van der Waals surface area (Å²) < 4.78 is 0. The van der Waals surface area contributed by atoms with Gasteiger partial charge in [0, 0.05) is 38.2 Å². The van der Waals surface area contributed by atoms with E-state index in [-0.39, 0.29) is 0 Å². The van der Waals surface area contributed by atoms with Crippen LogP contribution in [0.4, 0.5) is 0 Å². The first-order valence-corrected chi connectivity index (χ1v) is 14.3. The van der Waals surface area contributed by atoms with Gasteiger partial charge in [0.1, 0.15) is 0 Å². The van der Waals surface area contributed by atoms with E-state index in [1.807, 2.05) is 0 Å². The topological polar surface area (TPSA) is 23.6 Å². The summed E-state index contributed by atoms with van der Waals surface area (Å²) in [4.78, 5) is 18.2. The SMILES string of the molecule is Cc1ccc(CN2CCC(CCCC(=O)c3ccc4c(c3)CCN(Cc3ccccc3)CC4)CC2)cc1. The van der Waals surface area contributed by atoms with Gasteiger partial charge < -0.3 is 0 Å². The monoisotopic (exact) mass is 494 g/mol. The first-order valence-electron chi connectivity index (χ1n) is 14.3. The zero-order valence-electron chi connectivity index (χ0n) is 22.5. The molecule has 0 amide bonds. The molecule has 0 atom stereocenters. The molecular weight excluding hydrogens is 452 g/mol. The minimum absolute atomic E-state index is 0.324. The van der Waals surface area contributed by atoms with E-state index in [9.17, 15) is 4.79 Å². The third kappa shape index (κ3) is 7.40. The van der Waals surface area contributed by atoms with Gasteiger partial charge in [0.2, 0.25) is 0 Å². The summed E-state index contributed by atoms with van der Waals surface area (Å²) in [5.41, 5.74) is 7.84. The van der Waals surface area contributed by atoms with E-state index in [2.05, 4.69) is 89.5 Å². The second-order valence-electron chi connectivity index (χ2n) is 11.3. The van der Waals surface area contributed by atoms with Gasteiger partial charge in [0.15, 0.2) is 5.78 Å². The molecule has 5 rings (SSSR count). The van der Waals surface area contributed by atoms with E-state index in [0.29, 0.717) is 12.2 Å². The molecule has 0 bridgehead atoms. The number of carbonyl (C=O) groups excluding carboxylic acids is 1. The Balaban J connectivity index is 1.04. The van der Waals surface area contributed by atoms with Gasteiger partial charge in [0.05, 0.1) is 0 Å². The van der Waals surface area contributed by atoms with E-state index < -0.39 is 0 Å². The van der Waals surface area contributed by atoms with E-state index >= 15 is 0 Å². The zero-order chi connectivity index (χ0) is 25.5. The normalized spacial score (nSPS) is 17.3. The summed E-state index contributed by atoms with van der Waals surface area (Å²) in [7, 11) is 0. The average Bonchev–Trinajstić information content (AvgIpc) is 3.13. The summed E-state index contributed by atoms with van der Waals surface area (Å²) in [6, 6.07) is 26.2. The molecule has 0 N–H and O–H groups in total. The lowest BCUT2D eigenvalue weighted by atomic mass is 9.90. The Labute approximate surface area is 223 Å². The van der Waals surface area contributed by atoms with Gasteiger partial charge in [-0.3, -0.25) is 14.6 Å². The van der Waals surface area contributed by atoms with Crippen molar-refractivity contribution in [3.8, 4) is 0 Å². The minimum Gasteiger partial charge on any atom is -0.299 e. The minimum atomic E-state index is 0.324. The lowest BCUT2D eigenvalue weighted by Gasteiger charge is -2.32. The van der Waals surface area contributed by atoms with Crippen LogP contribution >= 0.6 is 0 Å². The highest BCUT2D eigenvalue weighted by molar-refractivity contribution is 5.96. The number of Topliss-reactive ketones (excluding diaryl/α,β-unsaturated/α-hetero) is 1. The first-order chi connectivity index (χ1) is 18.1. The van der Waals surface area contributed by atoms with Crippen LogP contribution in [0.15, 0.2) is 72.8 Å². The van der Waals surface area contributed by atoms with E-state index in [1.54, 1.807) is 0 Å². The number of aryl methyl sites for hydroxylation is 1. The Hall–Kier alpha value is -2.75. The number of benzene rings is 3. The molecule has 3 aromatic rings. The van der Waals surface area contributed by atoms with Crippen molar-refractivity contribution in [2.45, 2.75) is 65.0 Å². The molecule has 194 valence electrons. The van der Waals surface area contributed by atoms with Crippen LogP contribution in [0.2, 0.25) is 0 Å². The fourth-order valence-corrected chi connectivity index (χ4v) is 6.03. The molecule has 0 unspecified atom stereocenters. The van der Waals surface area contributed by atoms with E-state index in [4.69, 9.17) is 0 Å². The molecule has 1 saturated heterocycles. The molecule has 1 fully saturated rings. The number of piperidine rings is 1. The molecule has 0 spiro atoms. The Morgan fingerprint density at radius 1 is 0.757 bits per heavy atom. The molecule has 2 aliphatic rings. The van der Waals surface area contributed by atoms with Crippen LogP contribution in [0.3, 0.4) is 0 Å². The molecule has 3 aromatic carbocycles. The molecular formula is C34H42N2O. The Morgan fingerprint density at radius 2 is 1.41 bits per heavy atom.